The molecule has 1 heterocycles. The summed E-state index contributed by atoms with van der Waals surface area (Å²) in [7, 11) is 8.04. The molecule has 5 nitrogen and oxygen atoms in total. The number of ketones is 1. The molecule has 1 aliphatic rings. The first-order valence-electron chi connectivity index (χ1n) is 8.11. The molecule has 0 radical (unpaired) electrons. The van der Waals surface area contributed by atoms with Crippen molar-refractivity contribution in [1.29, 1.82) is 0 Å². The molecule has 0 amide bonds. The van der Waals surface area contributed by atoms with Crippen LogP contribution in [0.2, 0.25) is 0 Å². The molecule has 0 spiro atoms. The summed E-state index contributed by atoms with van der Waals surface area (Å²) in [6.45, 7) is 7.01. The van der Waals surface area contributed by atoms with Crippen molar-refractivity contribution in [3.05, 3.63) is 23.8 Å². The number of Topliss-reactive ketones (excluding diaryl/α,β-unsaturated/α-hetero) is 1. The lowest BCUT2D eigenvalue weighted by Gasteiger charge is -2.39. The molecule has 1 aliphatic heterocycles. The minimum Gasteiger partial charge on any atom is -0.379 e. The maximum absolute atomic E-state index is 13.1. The topological polar surface area (TPSA) is 36.0 Å². The van der Waals surface area contributed by atoms with Crippen molar-refractivity contribution < 1.29 is 9.53 Å². The van der Waals surface area contributed by atoms with Crippen molar-refractivity contribution in [3.8, 4) is 0 Å². The predicted octanol–water partition coefficient (Wildman–Crippen LogP) is 2.11. The van der Waals surface area contributed by atoms with E-state index in [1.165, 1.54) is 0 Å². The summed E-state index contributed by atoms with van der Waals surface area (Å²) < 4.78 is 5.41. The monoisotopic (exact) mass is 319 g/mol. The van der Waals surface area contributed by atoms with E-state index in [1.807, 2.05) is 65.1 Å². The van der Waals surface area contributed by atoms with Crippen LogP contribution in [0.4, 0.5) is 11.4 Å². The van der Waals surface area contributed by atoms with Crippen molar-refractivity contribution >= 4 is 17.2 Å². The van der Waals surface area contributed by atoms with E-state index in [0.29, 0.717) is 13.2 Å². The number of anilines is 2. The summed E-state index contributed by atoms with van der Waals surface area (Å²) in [4.78, 5) is 19.4. The molecule has 1 aromatic carbocycles. The summed E-state index contributed by atoms with van der Waals surface area (Å²) in [6.07, 6.45) is 0. The quantitative estimate of drug-likeness (QED) is 0.777. The van der Waals surface area contributed by atoms with Gasteiger partial charge in [-0.05, 0) is 32.0 Å². The average molecular weight is 319 g/mol. The fraction of sp³-hybridized carbons (Fsp3) is 0.611. The average Bonchev–Trinajstić information content (AvgIpc) is 2.54. The predicted molar refractivity (Wildman–Crippen MR) is 95.9 cm³/mol. The first-order chi connectivity index (χ1) is 10.7. The van der Waals surface area contributed by atoms with Gasteiger partial charge < -0.3 is 14.5 Å². The number of benzene rings is 1. The van der Waals surface area contributed by atoms with Gasteiger partial charge in [0.05, 0.1) is 30.1 Å². The zero-order valence-electron chi connectivity index (χ0n) is 15.2. The van der Waals surface area contributed by atoms with Gasteiger partial charge in [-0.1, -0.05) is 0 Å². The van der Waals surface area contributed by atoms with Gasteiger partial charge in [0.15, 0.2) is 5.78 Å². The number of ether oxygens (including phenoxy) is 1. The van der Waals surface area contributed by atoms with Crippen LogP contribution in [0.3, 0.4) is 0 Å². The van der Waals surface area contributed by atoms with E-state index in [2.05, 4.69) is 9.80 Å². The van der Waals surface area contributed by atoms with Gasteiger partial charge in [0, 0.05) is 46.8 Å². The van der Waals surface area contributed by atoms with Crippen LogP contribution in [0.15, 0.2) is 18.2 Å². The van der Waals surface area contributed by atoms with Crippen molar-refractivity contribution in [1.82, 2.24) is 4.90 Å². The highest BCUT2D eigenvalue weighted by Crippen LogP contribution is 2.30. The van der Waals surface area contributed by atoms with Crippen LogP contribution in [-0.2, 0) is 4.74 Å². The highest BCUT2D eigenvalue weighted by molar-refractivity contribution is 6.04. The maximum Gasteiger partial charge on any atom is 0.182 e. The highest BCUT2D eigenvalue weighted by Gasteiger charge is 2.36. The van der Waals surface area contributed by atoms with Crippen LogP contribution in [-0.4, -0.2) is 70.7 Å². The third-order valence-corrected chi connectivity index (χ3v) is 4.56. The van der Waals surface area contributed by atoms with Crippen LogP contribution >= 0.6 is 0 Å². The minimum atomic E-state index is -0.521. The molecule has 0 N–H and O–H groups in total. The lowest BCUT2D eigenvalue weighted by molar-refractivity contribution is -0.00429. The van der Waals surface area contributed by atoms with Crippen molar-refractivity contribution in [2.75, 3.05) is 64.3 Å². The smallest absolute Gasteiger partial charge is 0.182 e. The second kappa shape index (κ2) is 6.89. The molecule has 1 saturated heterocycles. The Balaban J connectivity index is 2.33. The molecule has 1 fully saturated rings. The molecule has 128 valence electrons. The van der Waals surface area contributed by atoms with Crippen molar-refractivity contribution in [2.45, 2.75) is 19.4 Å². The van der Waals surface area contributed by atoms with Crippen LogP contribution in [0.25, 0.3) is 0 Å². The number of carbonyl (C=O) groups excluding carboxylic acids is 1. The zero-order chi connectivity index (χ0) is 17.2. The van der Waals surface area contributed by atoms with Gasteiger partial charge in [0.2, 0.25) is 0 Å². The molecular weight excluding hydrogens is 290 g/mol. The molecule has 0 bridgehead atoms. The normalized spacial score (nSPS) is 16.3. The Bertz CT molecular complexity index is 561. The van der Waals surface area contributed by atoms with Gasteiger partial charge in [0.1, 0.15) is 0 Å². The second-order valence-electron chi connectivity index (χ2n) is 6.98. The van der Waals surface area contributed by atoms with E-state index in [1.54, 1.807) is 0 Å². The Kier molecular flexibility index (Phi) is 5.32. The number of hydrogen-bond acceptors (Lipinski definition) is 5. The first kappa shape index (κ1) is 17.8. The van der Waals surface area contributed by atoms with Gasteiger partial charge in [-0.25, -0.2) is 0 Å². The largest absolute Gasteiger partial charge is 0.379 e. The third-order valence-electron chi connectivity index (χ3n) is 4.56. The lowest BCUT2D eigenvalue weighted by Crippen LogP contribution is -2.54. The molecule has 23 heavy (non-hydrogen) atoms. The van der Waals surface area contributed by atoms with Crippen LogP contribution in [0, 0.1) is 0 Å². The summed E-state index contributed by atoms with van der Waals surface area (Å²) in [6, 6.07) is 5.96. The van der Waals surface area contributed by atoms with Gasteiger partial charge in [-0.15, -0.1) is 0 Å². The summed E-state index contributed by atoms with van der Waals surface area (Å²) in [5, 5.41) is 0. The van der Waals surface area contributed by atoms with Crippen LogP contribution < -0.4 is 9.80 Å². The Labute approximate surface area is 139 Å². The van der Waals surface area contributed by atoms with Gasteiger partial charge in [0.25, 0.3) is 0 Å². The van der Waals surface area contributed by atoms with E-state index < -0.39 is 5.54 Å². The SMILES string of the molecule is CN(C)c1ccc(C(=O)C(C)(C)N2CCOCC2)cc1N(C)C. The summed E-state index contributed by atoms with van der Waals surface area (Å²) >= 11 is 0. The minimum absolute atomic E-state index is 0.160. The molecular formula is C18H29N3O2. The fourth-order valence-electron chi connectivity index (χ4n) is 3.02. The standard InChI is InChI=1S/C18H29N3O2/c1-18(2,21-9-11-23-12-10-21)17(22)14-7-8-15(19(3)4)16(13-14)20(5)6/h7-8,13H,9-12H2,1-6H3. The number of morpholine rings is 1. The van der Waals surface area contributed by atoms with E-state index >= 15 is 0 Å². The third kappa shape index (κ3) is 3.67. The van der Waals surface area contributed by atoms with E-state index in [9.17, 15) is 4.79 Å². The van der Waals surface area contributed by atoms with E-state index in [-0.39, 0.29) is 5.78 Å². The number of carbonyl (C=O) groups is 1. The summed E-state index contributed by atoms with van der Waals surface area (Å²) in [5.74, 6) is 0.160. The zero-order valence-corrected chi connectivity index (χ0v) is 15.2. The molecule has 0 unspecified atom stereocenters. The van der Waals surface area contributed by atoms with Crippen LogP contribution in [0.5, 0.6) is 0 Å². The molecule has 1 aromatic rings. The van der Waals surface area contributed by atoms with Crippen LogP contribution in [0.1, 0.15) is 24.2 Å². The van der Waals surface area contributed by atoms with Gasteiger partial charge in [-0.2, -0.15) is 0 Å². The summed E-state index contributed by atoms with van der Waals surface area (Å²) in [5.41, 5.74) is 2.40. The van der Waals surface area contributed by atoms with Crippen molar-refractivity contribution in [3.63, 3.8) is 0 Å². The molecule has 0 aromatic heterocycles. The first-order valence-corrected chi connectivity index (χ1v) is 8.11. The second-order valence-corrected chi connectivity index (χ2v) is 6.98. The van der Waals surface area contributed by atoms with E-state index in [4.69, 9.17) is 4.74 Å². The lowest BCUT2D eigenvalue weighted by atomic mass is 9.90. The number of rotatable bonds is 5. The number of nitrogens with zero attached hydrogens (tertiary/aromatic N) is 3. The van der Waals surface area contributed by atoms with Gasteiger partial charge >= 0.3 is 0 Å². The Morgan fingerprint density at radius 1 is 1.04 bits per heavy atom. The molecule has 2 rings (SSSR count). The molecule has 0 aliphatic carbocycles. The highest BCUT2D eigenvalue weighted by atomic mass is 16.5. The van der Waals surface area contributed by atoms with Gasteiger partial charge in [-0.3, -0.25) is 9.69 Å². The molecule has 0 saturated carbocycles. The molecule has 0 atom stereocenters. The molecule has 5 heteroatoms. The Hall–Kier alpha value is -1.59. The Morgan fingerprint density at radius 3 is 2.13 bits per heavy atom. The fourth-order valence-corrected chi connectivity index (χ4v) is 3.02. The Morgan fingerprint density at radius 2 is 1.61 bits per heavy atom. The van der Waals surface area contributed by atoms with Crippen molar-refractivity contribution in [2.24, 2.45) is 0 Å². The van der Waals surface area contributed by atoms with E-state index in [0.717, 1.165) is 30.0 Å². The number of hydrogen-bond donors (Lipinski definition) is 0. The maximum atomic E-state index is 13.1.